The number of nitrogens with zero attached hydrogens (tertiary/aromatic N) is 1. The summed E-state index contributed by atoms with van der Waals surface area (Å²) < 4.78 is 5.34. The molecule has 1 atom stereocenters. The first-order valence-corrected chi connectivity index (χ1v) is 17.7. The van der Waals surface area contributed by atoms with Crippen LogP contribution in [0.1, 0.15) is 26.0 Å². The van der Waals surface area contributed by atoms with Gasteiger partial charge in [-0.3, -0.25) is 14.4 Å². The molecule has 0 saturated carbocycles. The Labute approximate surface area is 295 Å². The van der Waals surface area contributed by atoms with Gasteiger partial charge in [-0.1, -0.05) is 72.8 Å². The summed E-state index contributed by atoms with van der Waals surface area (Å²) >= 11 is 4.15. The number of hydrogen-bond donors (Lipinski definition) is 3. The van der Waals surface area contributed by atoms with Gasteiger partial charge in [-0.15, -0.1) is 34.4 Å². The maximum Gasteiger partial charge on any atom is 0.272 e. The summed E-state index contributed by atoms with van der Waals surface area (Å²) in [6.07, 6.45) is 1.65. The quantitative estimate of drug-likeness (QED) is 0.0869. The average molecular weight is 703 g/mol. The highest BCUT2D eigenvalue weighted by atomic mass is 32.2. The van der Waals surface area contributed by atoms with E-state index in [1.54, 1.807) is 49.6 Å². The van der Waals surface area contributed by atoms with Crippen LogP contribution in [0.5, 0.6) is 5.75 Å². The van der Waals surface area contributed by atoms with E-state index in [1.165, 1.54) is 34.4 Å². The number of thiophene rings is 1. The van der Waals surface area contributed by atoms with Gasteiger partial charge in [-0.05, 0) is 65.6 Å². The molecule has 2 heterocycles. The number of thiazole rings is 1. The topological polar surface area (TPSA) is 109 Å². The van der Waals surface area contributed by atoms with Gasteiger partial charge in [0.15, 0.2) is 5.13 Å². The summed E-state index contributed by atoms with van der Waals surface area (Å²) in [5.41, 5.74) is 3.49. The Morgan fingerprint density at radius 3 is 2.35 bits per heavy atom. The zero-order chi connectivity index (χ0) is 34.0. The second-order valence-electron chi connectivity index (χ2n) is 10.5. The number of ether oxygens (including phenoxy) is 1. The summed E-state index contributed by atoms with van der Waals surface area (Å²) in [5, 5.41) is 12.3. The number of hydrogen-bond acceptors (Lipinski definition) is 8. The second kappa shape index (κ2) is 16.1. The van der Waals surface area contributed by atoms with Crippen molar-refractivity contribution in [1.82, 2.24) is 10.3 Å². The first-order chi connectivity index (χ1) is 23.9. The molecule has 6 aromatic rings. The van der Waals surface area contributed by atoms with Gasteiger partial charge in [-0.25, -0.2) is 4.98 Å². The van der Waals surface area contributed by atoms with Crippen LogP contribution in [0.3, 0.4) is 0 Å². The second-order valence-corrected chi connectivity index (χ2v) is 13.6. The molecule has 3 amide bonds. The van der Waals surface area contributed by atoms with Crippen molar-refractivity contribution in [2.75, 3.05) is 17.7 Å². The van der Waals surface area contributed by atoms with Crippen LogP contribution >= 0.6 is 34.4 Å². The Balaban J connectivity index is 1.19. The van der Waals surface area contributed by atoms with Crippen LogP contribution in [-0.4, -0.2) is 29.8 Å². The maximum atomic E-state index is 13.8. The molecule has 0 spiro atoms. The Kier molecular flexibility index (Phi) is 11.0. The average Bonchev–Trinajstić information content (AvgIpc) is 3.84. The molecule has 49 heavy (non-hydrogen) atoms. The van der Waals surface area contributed by atoms with Crippen LogP contribution < -0.4 is 20.7 Å². The number of carbonyl (C=O) groups is 3. The predicted octanol–water partition coefficient (Wildman–Crippen LogP) is 8.76. The molecule has 244 valence electrons. The number of rotatable bonds is 12. The van der Waals surface area contributed by atoms with Crippen LogP contribution in [0.2, 0.25) is 0 Å². The van der Waals surface area contributed by atoms with E-state index >= 15 is 0 Å². The van der Waals surface area contributed by atoms with E-state index in [2.05, 4.69) is 20.9 Å². The molecule has 0 radical (unpaired) electrons. The molecule has 0 fully saturated rings. The number of nitrogens with one attached hydrogen (secondary N) is 3. The third kappa shape index (κ3) is 8.90. The van der Waals surface area contributed by atoms with Crippen LogP contribution in [0, 0.1) is 0 Å². The summed E-state index contributed by atoms with van der Waals surface area (Å²) in [4.78, 5) is 46.5. The van der Waals surface area contributed by atoms with Gasteiger partial charge in [0.2, 0.25) is 5.91 Å². The summed E-state index contributed by atoms with van der Waals surface area (Å²) in [7, 11) is 1.62. The third-order valence-corrected chi connectivity index (χ3v) is 9.97. The fourth-order valence-corrected chi connectivity index (χ4v) is 7.22. The van der Waals surface area contributed by atoms with E-state index in [1.807, 2.05) is 95.7 Å². The Bertz CT molecular complexity index is 2080. The lowest BCUT2D eigenvalue weighted by Crippen LogP contribution is -2.30. The van der Waals surface area contributed by atoms with Crippen LogP contribution in [0.25, 0.3) is 17.3 Å². The van der Waals surface area contributed by atoms with Gasteiger partial charge in [0.05, 0.1) is 12.8 Å². The van der Waals surface area contributed by atoms with Crippen molar-refractivity contribution in [3.05, 3.63) is 154 Å². The molecule has 3 N–H and O–H groups in total. The molecule has 0 aliphatic rings. The Morgan fingerprint density at radius 2 is 1.59 bits per heavy atom. The summed E-state index contributed by atoms with van der Waals surface area (Å²) in [6.45, 7) is 0. The number of carbonyl (C=O) groups excluding carboxylic acids is 3. The van der Waals surface area contributed by atoms with E-state index in [9.17, 15) is 14.4 Å². The lowest BCUT2D eigenvalue weighted by molar-refractivity contribution is -0.116. The van der Waals surface area contributed by atoms with Gasteiger partial charge >= 0.3 is 0 Å². The molecule has 4 aromatic carbocycles. The molecule has 0 aliphatic carbocycles. The molecule has 0 aliphatic heterocycles. The first-order valence-electron chi connectivity index (χ1n) is 15.1. The highest BCUT2D eigenvalue weighted by Gasteiger charge is 2.24. The minimum absolute atomic E-state index is 0.104. The highest BCUT2D eigenvalue weighted by molar-refractivity contribution is 8.00. The van der Waals surface area contributed by atoms with Crippen molar-refractivity contribution in [3.63, 3.8) is 0 Å². The molecular formula is C38H30N4O4S3. The van der Waals surface area contributed by atoms with E-state index in [-0.39, 0.29) is 11.6 Å². The van der Waals surface area contributed by atoms with Gasteiger partial charge in [0, 0.05) is 32.0 Å². The highest BCUT2D eigenvalue weighted by Crippen LogP contribution is 2.38. The molecule has 2 aromatic heterocycles. The number of aromatic nitrogens is 1. The van der Waals surface area contributed by atoms with E-state index in [4.69, 9.17) is 4.74 Å². The zero-order valence-corrected chi connectivity index (χ0v) is 28.6. The number of anilines is 2. The molecule has 0 bridgehead atoms. The lowest BCUT2D eigenvalue weighted by atomic mass is 10.1. The monoisotopic (exact) mass is 702 g/mol. The fraction of sp³-hybridized carbons (Fsp3) is 0.0526. The van der Waals surface area contributed by atoms with E-state index in [0.717, 1.165) is 32.3 Å². The normalized spacial score (nSPS) is 11.7. The largest absolute Gasteiger partial charge is 0.497 e. The number of thioether (sulfide) groups is 1. The Hall–Kier alpha value is -5.49. The van der Waals surface area contributed by atoms with Gasteiger partial charge < -0.3 is 20.7 Å². The van der Waals surface area contributed by atoms with Crippen molar-refractivity contribution >= 4 is 69.1 Å². The number of amides is 3. The molecule has 11 heteroatoms. The van der Waals surface area contributed by atoms with Crippen molar-refractivity contribution < 1.29 is 19.1 Å². The first kappa shape index (κ1) is 33.4. The zero-order valence-electron chi connectivity index (χ0n) is 26.2. The molecule has 0 saturated heterocycles. The molecule has 1 unspecified atom stereocenters. The van der Waals surface area contributed by atoms with Gasteiger partial charge in [-0.2, -0.15) is 0 Å². The Morgan fingerprint density at radius 1 is 0.816 bits per heavy atom. The van der Waals surface area contributed by atoms with Gasteiger partial charge in [0.1, 0.15) is 16.7 Å². The molecule has 8 nitrogen and oxygen atoms in total. The summed E-state index contributed by atoms with van der Waals surface area (Å²) in [5.74, 6) is -0.382. The summed E-state index contributed by atoms with van der Waals surface area (Å²) in [6, 6.07) is 36.8. The molecule has 6 rings (SSSR count). The molecular weight excluding hydrogens is 673 g/mol. The smallest absolute Gasteiger partial charge is 0.272 e. The van der Waals surface area contributed by atoms with Crippen molar-refractivity contribution in [2.24, 2.45) is 0 Å². The predicted molar refractivity (Wildman–Crippen MR) is 199 cm³/mol. The van der Waals surface area contributed by atoms with Crippen molar-refractivity contribution in [2.45, 2.75) is 10.1 Å². The third-order valence-electron chi connectivity index (χ3n) is 7.14. The fourth-order valence-electron chi connectivity index (χ4n) is 4.76. The maximum absolute atomic E-state index is 13.8. The minimum atomic E-state index is -0.615. The van der Waals surface area contributed by atoms with Crippen LogP contribution in [0.15, 0.2) is 143 Å². The number of methoxy groups -OCH3 is 1. The van der Waals surface area contributed by atoms with Crippen molar-refractivity contribution in [1.29, 1.82) is 0 Å². The van der Waals surface area contributed by atoms with Crippen molar-refractivity contribution in [3.8, 4) is 17.0 Å². The number of benzene rings is 4. The van der Waals surface area contributed by atoms with E-state index < -0.39 is 17.1 Å². The van der Waals surface area contributed by atoms with Crippen LogP contribution in [0.4, 0.5) is 10.8 Å². The minimum Gasteiger partial charge on any atom is -0.497 e. The van der Waals surface area contributed by atoms with Gasteiger partial charge in [0.25, 0.3) is 11.8 Å². The lowest BCUT2D eigenvalue weighted by Gasteiger charge is -2.17. The van der Waals surface area contributed by atoms with E-state index in [0.29, 0.717) is 16.4 Å². The standard InChI is InChI=1S/C38H30N4O4S3/c1-46-29-17-8-15-27(21-29)33-24-48-38(41-33)42-37(45)34(25-11-4-2-5-12-25)49-31-18-9-16-28(22-31)39-36(44)32(23-30-19-10-20-47-30)40-35(43)26-13-6-3-7-14-26/h2-24,34H,1H3,(H,39,44)(H,40,43)(H,41,42,45)/b32-23-. The SMILES string of the molecule is COc1cccc(-c2csc(NC(=O)C(Sc3cccc(NC(=O)/C(=C/c4cccs4)NC(=O)c4ccccc4)c3)c3ccccc3)n2)c1. The van der Waals surface area contributed by atoms with Crippen LogP contribution in [-0.2, 0) is 9.59 Å².